The van der Waals surface area contributed by atoms with Crippen LogP contribution in [0.25, 0.3) is 10.9 Å². The first-order valence-corrected chi connectivity index (χ1v) is 3.94. The lowest BCUT2D eigenvalue weighted by atomic mass is 10.1. The van der Waals surface area contributed by atoms with E-state index in [1.54, 1.807) is 6.20 Å². The molecule has 0 aliphatic carbocycles. The van der Waals surface area contributed by atoms with Crippen LogP contribution in [0.3, 0.4) is 0 Å². The first kappa shape index (κ1) is 13.2. The summed E-state index contributed by atoms with van der Waals surface area (Å²) in [4.78, 5) is 4.23. The van der Waals surface area contributed by atoms with E-state index in [-0.39, 0.29) is 24.8 Å². The minimum Gasteiger partial charge on any atom is -0.326 e. The van der Waals surface area contributed by atoms with Gasteiger partial charge in [-0.2, -0.15) is 0 Å². The Labute approximate surface area is 95.3 Å². The summed E-state index contributed by atoms with van der Waals surface area (Å²) < 4.78 is 0. The largest absolute Gasteiger partial charge is 0.326 e. The fraction of sp³-hybridized carbons (Fsp3) is 0.100. The van der Waals surface area contributed by atoms with Crippen molar-refractivity contribution in [2.45, 2.75) is 6.54 Å². The maximum Gasteiger partial charge on any atom is 0.0705 e. The zero-order valence-electron chi connectivity index (χ0n) is 7.51. The average Bonchev–Trinajstić information content (AvgIpc) is 2.17. The Morgan fingerprint density at radius 1 is 1.07 bits per heavy atom. The summed E-state index contributed by atoms with van der Waals surface area (Å²) in [5.74, 6) is 0. The minimum atomic E-state index is 0. The number of fused-ring (bicyclic) bond motifs is 1. The molecule has 0 aliphatic rings. The molecule has 0 spiro atoms. The fourth-order valence-electron chi connectivity index (χ4n) is 1.35. The molecule has 4 heteroatoms. The molecule has 76 valence electrons. The molecule has 2 aromatic rings. The molecule has 0 saturated heterocycles. The van der Waals surface area contributed by atoms with Crippen LogP contribution in [0.2, 0.25) is 0 Å². The summed E-state index contributed by atoms with van der Waals surface area (Å²) in [5, 5.41) is 1.16. The molecule has 0 aliphatic heterocycles. The van der Waals surface area contributed by atoms with E-state index in [0.29, 0.717) is 6.54 Å². The standard InChI is InChI=1S/C10H10N2.2ClH/c11-7-8-3-1-5-10-9(8)4-2-6-12-10;;/h1-6H,7,11H2;2*1H. The van der Waals surface area contributed by atoms with Crippen molar-refractivity contribution in [2.75, 3.05) is 0 Å². The Hall–Kier alpha value is -0.830. The van der Waals surface area contributed by atoms with Crippen LogP contribution in [0.1, 0.15) is 5.56 Å². The summed E-state index contributed by atoms with van der Waals surface area (Å²) in [6.45, 7) is 0.572. The van der Waals surface area contributed by atoms with Crippen molar-refractivity contribution in [3.63, 3.8) is 0 Å². The fourth-order valence-corrected chi connectivity index (χ4v) is 1.35. The number of aromatic nitrogens is 1. The zero-order chi connectivity index (χ0) is 8.39. The molecule has 2 rings (SSSR count). The van der Waals surface area contributed by atoms with Crippen LogP contribution >= 0.6 is 24.8 Å². The van der Waals surface area contributed by atoms with Gasteiger partial charge in [-0.15, -0.1) is 24.8 Å². The van der Waals surface area contributed by atoms with Gasteiger partial charge in [-0.25, -0.2) is 0 Å². The molecule has 2 nitrogen and oxygen atoms in total. The van der Waals surface area contributed by atoms with E-state index < -0.39 is 0 Å². The van der Waals surface area contributed by atoms with Crippen LogP contribution in [-0.2, 0) is 6.54 Å². The first-order chi connectivity index (χ1) is 5.92. The second-order valence-electron chi connectivity index (χ2n) is 2.69. The van der Waals surface area contributed by atoms with Gasteiger partial charge >= 0.3 is 0 Å². The third-order valence-electron chi connectivity index (χ3n) is 1.96. The topological polar surface area (TPSA) is 38.9 Å². The quantitative estimate of drug-likeness (QED) is 0.819. The summed E-state index contributed by atoms with van der Waals surface area (Å²) in [6.07, 6.45) is 1.79. The number of rotatable bonds is 1. The van der Waals surface area contributed by atoms with Gasteiger partial charge in [0.25, 0.3) is 0 Å². The van der Waals surface area contributed by atoms with E-state index in [9.17, 15) is 0 Å². The number of nitrogens with two attached hydrogens (primary N) is 1. The molecular formula is C10H12Cl2N2. The molecule has 14 heavy (non-hydrogen) atoms. The highest BCUT2D eigenvalue weighted by molar-refractivity contribution is 5.85. The molecule has 0 fully saturated rings. The third kappa shape index (κ3) is 2.35. The lowest BCUT2D eigenvalue weighted by Crippen LogP contribution is -1.96. The van der Waals surface area contributed by atoms with E-state index in [4.69, 9.17) is 5.73 Å². The van der Waals surface area contributed by atoms with Gasteiger partial charge in [0.1, 0.15) is 0 Å². The third-order valence-corrected chi connectivity index (χ3v) is 1.96. The average molecular weight is 231 g/mol. The number of nitrogens with zero attached hydrogens (tertiary/aromatic N) is 1. The number of halogens is 2. The monoisotopic (exact) mass is 230 g/mol. The highest BCUT2D eigenvalue weighted by atomic mass is 35.5. The Balaban J connectivity index is 0.000000845. The van der Waals surface area contributed by atoms with Crippen molar-refractivity contribution in [1.82, 2.24) is 4.98 Å². The van der Waals surface area contributed by atoms with Gasteiger partial charge in [0.2, 0.25) is 0 Å². The van der Waals surface area contributed by atoms with Gasteiger partial charge in [-0.05, 0) is 17.7 Å². The maximum atomic E-state index is 5.59. The van der Waals surface area contributed by atoms with Crippen LogP contribution < -0.4 is 5.73 Å². The van der Waals surface area contributed by atoms with E-state index in [2.05, 4.69) is 4.98 Å². The molecule has 1 aromatic carbocycles. The minimum absolute atomic E-state index is 0. The maximum absolute atomic E-state index is 5.59. The zero-order valence-corrected chi connectivity index (χ0v) is 9.15. The molecule has 0 radical (unpaired) electrons. The number of hydrogen-bond donors (Lipinski definition) is 1. The van der Waals surface area contributed by atoms with Crippen molar-refractivity contribution in [1.29, 1.82) is 0 Å². The molecule has 0 bridgehead atoms. The van der Waals surface area contributed by atoms with Gasteiger partial charge < -0.3 is 5.73 Å². The smallest absolute Gasteiger partial charge is 0.0705 e. The molecule has 2 N–H and O–H groups in total. The number of benzene rings is 1. The second kappa shape index (κ2) is 5.81. The predicted molar refractivity (Wildman–Crippen MR) is 64.1 cm³/mol. The van der Waals surface area contributed by atoms with Crippen molar-refractivity contribution in [2.24, 2.45) is 5.73 Å². The summed E-state index contributed by atoms with van der Waals surface area (Å²) >= 11 is 0. The SMILES string of the molecule is Cl.Cl.NCc1cccc2ncccc12. The van der Waals surface area contributed by atoms with Gasteiger partial charge in [0.05, 0.1) is 5.52 Å². The molecule has 1 aromatic heterocycles. The Kier molecular flexibility index (Phi) is 5.46. The van der Waals surface area contributed by atoms with Crippen molar-refractivity contribution in [3.8, 4) is 0 Å². The molecule has 0 amide bonds. The highest BCUT2D eigenvalue weighted by Gasteiger charge is 1.96. The highest BCUT2D eigenvalue weighted by Crippen LogP contribution is 2.15. The second-order valence-corrected chi connectivity index (χ2v) is 2.69. The van der Waals surface area contributed by atoms with E-state index in [1.165, 1.54) is 0 Å². The number of pyridine rings is 1. The molecule has 0 unspecified atom stereocenters. The van der Waals surface area contributed by atoms with Gasteiger partial charge in [-0.3, -0.25) is 4.98 Å². The first-order valence-electron chi connectivity index (χ1n) is 3.94. The van der Waals surface area contributed by atoms with Crippen LogP contribution in [0.15, 0.2) is 36.5 Å². The van der Waals surface area contributed by atoms with Crippen LogP contribution in [0, 0.1) is 0 Å². The van der Waals surface area contributed by atoms with Gasteiger partial charge in [0, 0.05) is 18.1 Å². The molecule has 0 atom stereocenters. The van der Waals surface area contributed by atoms with Crippen LogP contribution in [0.4, 0.5) is 0 Å². The number of hydrogen-bond acceptors (Lipinski definition) is 2. The lowest BCUT2D eigenvalue weighted by molar-refractivity contribution is 1.08. The Bertz CT molecular complexity index is 399. The van der Waals surface area contributed by atoms with Crippen LogP contribution in [0.5, 0.6) is 0 Å². The Morgan fingerprint density at radius 2 is 1.86 bits per heavy atom. The molecular weight excluding hydrogens is 219 g/mol. The molecule has 0 saturated carbocycles. The lowest BCUT2D eigenvalue weighted by Gasteiger charge is -2.01. The van der Waals surface area contributed by atoms with Crippen molar-refractivity contribution >= 4 is 35.7 Å². The normalized spacial score (nSPS) is 8.93. The predicted octanol–water partition coefficient (Wildman–Crippen LogP) is 2.54. The van der Waals surface area contributed by atoms with Crippen molar-refractivity contribution in [3.05, 3.63) is 42.1 Å². The summed E-state index contributed by atoms with van der Waals surface area (Å²) in [7, 11) is 0. The van der Waals surface area contributed by atoms with E-state index in [0.717, 1.165) is 16.5 Å². The Morgan fingerprint density at radius 3 is 2.57 bits per heavy atom. The summed E-state index contributed by atoms with van der Waals surface area (Å²) in [6, 6.07) is 9.99. The van der Waals surface area contributed by atoms with E-state index >= 15 is 0 Å². The van der Waals surface area contributed by atoms with Crippen molar-refractivity contribution < 1.29 is 0 Å². The van der Waals surface area contributed by atoms with Gasteiger partial charge in [-0.1, -0.05) is 18.2 Å². The van der Waals surface area contributed by atoms with E-state index in [1.807, 2.05) is 30.3 Å². The van der Waals surface area contributed by atoms with Gasteiger partial charge in [0.15, 0.2) is 0 Å². The molecule has 1 heterocycles. The van der Waals surface area contributed by atoms with Crippen LogP contribution in [-0.4, -0.2) is 4.98 Å². The summed E-state index contributed by atoms with van der Waals surface area (Å²) in [5.41, 5.74) is 7.76.